The number of benzene rings is 1. The summed E-state index contributed by atoms with van der Waals surface area (Å²) in [5.74, 6) is -1.37. The summed E-state index contributed by atoms with van der Waals surface area (Å²) in [4.78, 5) is 15.0. The highest BCUT2D eigenvalue weighted by Gasteiger charge is 2.44. The van der Waals surface area contributed by atoms with Crippen molar-refractivity contribution >= 4 is 11.6 Å². The number of alkyl halides is 3. The van der Waals surface area contributed by atoms with Crippen LogP contribution < -0.4 is 9.64 Å². The molecule has 2 aromatic rings. The summed E-state index contributed by atoms with van der Waals surface area (Å²) >= 11 is 0. The van der Waals surface area contributed by atoms with Gasteiger partial charge in [0.25, 0.3) is 0 Å². The van der Waals surface area contributed by atoms with E-state index in [-0.39, 0.29) is 31.3 Å². The standard InChI is InChI=1S/C23H18F3NO6/c1-30-17-4-2-3-14-21(17)20(13-9-18-16(31-11-32-18)7-6-15(13)28)22(29)27(14)10-12-5-8-19(33-12)23(24,25)26/h2-5,7-9,20,28H,6,10-11H2,1H3. The third-order valence-corrected chi connectivity index (χ3v) is 5.69. The van der Waals surface area contributed by atoms with Crippen molar-refractivity contribution in [3.05, 3.63) is 82.4 Å². The highest BCUT2D eigenvalue weighted by atomic mass is 19.4. The van der Waals surface area contributed by atoms with Crippen LogP contribution in [0.15, 0.2) is 69.8 Å². The minimum atomic E-state index is -4.63. The van der Waals surface area contributed by atoms with Gasteiger partial charge in [-0.15, -0.1) is 0 Å². The number of furan rings is 1. The number of rotatable bonds is 4. The molecule has 5 rings (SSSR count). The van der Waals surface area contributed by atoms with Crippen molar-refractivity contribution in [3.8, 4) is 5.75 Å². The van der Waals surface area contributed by atoms with Crippen LogP contribution in [0.25, 0.3) is 0 Å². The molecule has 0 spiro atoms. The summed E-state index contributed by atoms with van der Waals surface area (Å²) in [7, 11) is 1.45. The van der Waals surface area contributed by atoms with Gasteiger partial charge >= 0.3 is 6.18 Å². The van der Waals surface area contributed by atoms with Crippen molar-refractivity contribution in [2.45, 2.75) is 25.1 Å². The van der Waals surface area contributed by atoms with E-state index in [2.05, 4.69) is 0 Å². The monoisotopic (exact) mass is 461 g/mol. The highest BCUT2D eigenvalue weighted by molar-refractivity contribution is 6.08. The number of halogens is 3. The van der Waals surface area contributed by atoms with Gasteiger partial charge in [-0.1, -0.05) is 6.07 Å². The largest absolute Gasteiger partial charge is 0.512 e. The molecule has 1 aliphatic carbocycles. The summed E-state index contributed by atoms with van der Waals surface area (Å²) in [5.41, 5.74) is 1.25. The first-order valence-corrected chi connectivity index (χ1v) is 10.0. The molecule has 7 nitrogen and oxygen atoms in total. The third-order valence-electron chi connectivity index (χ3n) is 5.69. The highest BCUT2D eigenvalue weighted by Crippen LogP contribution is 2.49. The van der Waals surface area contributed by atoms with Crippen molar-refractivity contribution < 1.29 is 41.7 Å². The summed E-state index contributed by atoms with van der Waals surface area (Å²) in [6.45, 7) is -0.199. The molecule has 0 bridgehead atoms. The molecule has 1 aromatic heterocycles. The number of hydrogen-bond acceptors (Lipinski definition) is 6. The molecule has 1 fully saturated rings. The maximum Gasteiger partial charge on any atom is 0.449 e. The lowest BCUT2D eigenvalue weighted by Crippen LogP contribution is -2.29. The van der Waals surface area contributed by atoms with E-state index in [1.807, 2.05) is 0 Å². The molecule has 0 radical (unpaired) electrons. The Morgan fingerprint density at radius 2 is 1.97 bits per heavy atom. The van der Waals surface area contributed by atoms with Gasteiger partial charge in [-0.3, -0.25) is 4.79 Å². The fourth-order valence-corrected chi connectivity index (χ4v) is 4.21. The quantitative estimate of drug-likeness (QED) is 0.696. The van der Waals surface area contributed by atoms with E-state index in [9.17, 15) is 23.1 Å². The van der Waals surface area contributed by atoms with Gasteiger partial charge in [0.2, 0.25) is 18.5 Å². The fraction of sp³-hybridized carbons (Fsp3) is 0.261. The van der Waals surface area contributed by atoms with Crippen molar-refractivity contribution in [1.29, 1.82) is 0 Å². The number of ether oxygens (including phenoxy) is 3. The van der Waals surface area contributed by atoms with E-state index in [1.54, 1.807) is 30.4 Å². The van der Waals surface area contributed by atoms with Gasteiger partial charge in [0.05, 0.1) is 25.3 Å². The van der Waals surface area contributed by atoms with E-state index < -0.39 is 23.8 Å². The fourth-order valence-electron chi connectivity index (χ4n) is 4.21. The zero-order valence-corrected chi connectivity index (χ0v) is 17.3. The molecular formula is C23H18F3NO6. The number of allylic oxidation sites excluding steroid dienone is 2. The number of nitrogens with zero attached hydrogens (tertiary/aromatic N) is 1. The van der Waals surface area contributed by atoms with Crippen LogP contribution in [-0.4, -0.2) is 24.9 Å². The molecule has 1 N–H and O–H groups in total. The van der Waals surface area contributed by atoms with Crippen LogP contribution in [0, 0.1) is 0 Å². The van der Waals surface area contributed by atoms with Gasteiger partial charge in [0, 0.05) is 17.6 Å². The maximum absolute atomic E-state index is 13.6. The zero-order chi connectivity index (χ0) is 23.3. The van der Waals surface area contributed by atoms with E-state index >= 15 is 0 Å². The molecule has 3 heterocycles. The second-order valence-electron chi connectivity index (χ2n) is 7.60. The van der Waals surface area contributed by atoms with Gasteiger partial charge in [0.15, 0.2) is 11.5 Å². The predicted molar refractivity (Wildman–Crippen MR) is 108 cm³/mol. The molecule has 1 unspecified atom stereocenters. The lowest BCUT2D eigenvalue weighted by Gasteiger charge is -2.17. The maximum atomic E-state index is 13.6. The number of anilines is 1. The van der Waals surface area contributed by atoms with Crippen molar-refractivity contribution in [3.63, 3.8) is 0 Å². The van der Waals surface area contributed by atoms with Crippen LogP contribution >= 0.6 is 0 Å². The molecule has 1 aromatic carbocycles. The summed E-state index contributed by atoms with van der Waals surface area (Å²) in [6, 6.07) is 7.04. The molecule has 1 saturated heterocycles. The Bertz CT molecular complexity index is 1220. The summed E-state index contributed by atoms with van der Waals surface area (Å²) in [6.07, 6.45) is -1.30. The van der Waals surface area contributed by atoms with Crippen molar-refractivity contribution in [1.82, 2.24) is 0 Å². The van der Waals surface area contributed by atoms with Crippen LogP contribution in [0.5, 0.6) is 5.75 Å². The number of fused-ring (bicyclic) bond motifs is 2. The minimum Gasteiger partial charge on any atom is -0.512 e. The van der Waals surface area contributed by atoms with Crippen LogP contribution in [0.4, 0.5) is 18.9 Å². The smallest absolute Gasteiger partial charge is 0.449 e. The number of aliphatic hydroxyl groups excluding tert-OH is 1. The normalized spacial score (nSPS) is 19.9. The number of methoxy groups -OCH3 is 1. The van der Waals surface area contributed by atoms with E-state index in [1.165, 1.54) is 18.1 Å². The topological polar surface area (TPSA) is 81.4 Å². The molecule has 33 heavy (non-hydrogen) atoms. The molecule has 1 amide bonds. The second-order valence-corrected chi connectivity index (χ2v) is 7.60. The molecule has 172 valence electrons. The van der Waals surface area contributed by atoms with Gasteiger partial charge in [-0.05, 0) is 36.4 Å². The van der Waals surface area contributed by atoms with Crippen LogP contribution in [0.3, 0.4) is 0 Å². The number of carbonyl (C=O) groups excluding carboxylic acids is 1. The second kappa shape index (κ2) is 7.65. The van der Waals surface area contributed by atoms with Gasteiger partial charge in [-0.25, -0.2) is 0 Å². The van der Waals surface area contributed by atoms with Gasteiger partial charge in [-0.2, -0.15) is 13.2 Å². The molecule has 0 saturated carbocycles. The SMILES string of the molecule is COc1cccc2c1C(C1=C(O)CC=C3OCOC3=C1)C(=O)N2Cc1ccc(C(F)(F)F)o1. The molecule has 3 aliphatic rings. The zero-order valence-electron chi connectivity index (χ0n) is 17.3. The van der Waals surface area contributed by atoms with Crippen molar-refractivity contribution in [2.24, 2.45) is 0 Å². The van der Waals surface area contributed by atoms with E-state index in [4.69, 9.17) is 18.6 Å². The Morgan fingerprint density at radius 1 is 1.18 bits per heavy atom. The Balaban J connectivity index is 1.58. The minimum absolute atomic E-state index is 0.0242. The lowest BCUT2D eigenvalue weighted by molar-refractivity contribution is -0.153. The first-order chi connectivity index (χ1) is 15.8. The number of hydrogen-bond donors (Lipinski definition) is 1. The van der Waals surface area contributed by atoms with E-state index in [0.717, 1.165) is 6.07 Å². The number of amides is 1. The Hall–Kier alpha value is -3.82. The van der Waals surface area contributed by atoms with Crippen LogP contribution in [-0.2, 0) is 27.0 Å². The van der Waals surface area contributed by atoms with Gasteiger partial charge < -0.3 is 28.6 Å². The summed E-state index contributed by atoms with van der Waals surface area (Å²) < 4.78 is 60.2. The van der Waals surface area contributed by atoms with Gasteiger partial charge in [0.1, 0.15) is 17.3 Å². The first kappa shape index (κ1) is 21.0. The average Bonchev–Trinajstić information content (AvgIpc) is 3.47. The predicted octanol–water partition coefficient (Wildman–Crippen LogP) is 4.93. The Kier molecular flexibility index (Phi) is 4.88. The molecule has 10 heteroatoms. The first-order valence-electron chi connectivity index (χ1n) is 10.0. The lowest BCUT2D eigenvalue weighted by atomic mass is 9.90. The van der Waals surface area contributed by atoms with Crippen LogP contribution in [0.1, 0.15) is 29.4 Å². The van der Waals surface area contributed by atoms with Crippen LogP contribution in [0.2, 0.25) is 0 Å². The number of aliphatic hydroxyl groups is 1. The molecule has 1 atom stereocenters. The van der Waals surface area contributed by atoms with Crippen molar-refractivity contribution in [2.75, 3.05) is 18.8 Å². The number of carbonyl (C=O) groups is 1. The third kappa shape index (κ3) is 3.51. The molecule has 2 aliphatic heterocycles. The Labute approximate surface area is 185 Å². The molecular weight excluding hydrogens is 443 g/mol. The van der Waals surface area contributed by atoms with E-state index in [0.29, 0.717) is 34.1 Å². The average molecular weight is 461 g/mol. The Morgan fingerprint density at radius 3 is 2.70 bits per heavy atom. The summed E-state index contributed by atoms with van der Waals surface area (Å²) in [5, 5.41) is 10.8.